The van der Waals surface area contributed by atoms with Crippen molar-refractivity contribution in [2.45, 2.75) is 13.5 Å². The number of hydrogen-bond acceptors (Lipinski definition) is 3. The quantitative estimate of drug-likeness (QED) is 0.356. The molecule has 0 fully saturated rings. The van der Waals surface area contributed by atoms with E-state index in [0.717, 1.165) is 11.1 Å². The van der Waals surface area contributed by atoms with E-state index in [2.05, 4.69) is 10.5 Å². The molecule has 3 aromatic carbocycles. The van der Waals surface area contributed by atoms with Gasteiger partial charge in [0.05, 0.1) is 21.8 Å². The zero-order valence-corrected chi connectivity index (χ0v) is 17.7. The average Bonchev–Trinajstić information content (AvgIpc) is 2.68. The van der Waals surface area contributed by atoms with Gasteiger partial charge in [0.2, 0.25) is 0 Å². The number of hydrazone groups is 1. The molecule has 0 spiro atoms. The molecule has 0 saturated heterocycles. The third-order valence-electron chi connectivity index (χ3n) is 4.01. The van der Waals surface area contributed by atoms with E-state index in [-0.39, 0.29) is 5.91 Å². The number of hydrogen-bond donors (Lipinski definition) is 1. The third kappa shape index (κ3) is 5.97. The minimum absolute atomic E-state index is 0.360. The summed E-state index contributed by atoms with van der Waals surface area (Å²) in [4.78, 5) is 12.2. The van der Waals surface area contributed by atoms with E-state index >= 15 is 0 Å². The standard InChI is InChI=1S/C22H17Cl3N2O2/c1-14-2-8-18(19(24)10-14)22(28)27-26-12-16-5-9-21(20(25)11-16)29-13-15-3-6-17(23)7-4-15/h2-12H,13H2,1H3,(H,27,28)/b26-12-. The number of carbonyl (C=O) groups is 1. The van der Waals surface area contributed by atoms with Crippen LogP contribution in [0.4, 0.5) is 0 Å². The molecule has 3 aromatic rings. The third-order valence-corrected chi connectivity index (χ3v) is 4.87. The van der Waals surface area contributed by atoms with Gasteiger partial charge in [-0.05, 0) is 66.1 Å². The highest BCUT2D eigenvalue weighted by Gasteiger charge is 2.09. The Kier molecular flexibility index (Phi) is 7.15. The molecule has 0 aromatic heterocycles. The highest BCUT2D eigenvalue weighted by Crippen LogP contribution is 2.26. The lowest BCUT2D eigenvalue weighted by Crippen LogP contribution is -2.18. The monoisotopic (exact) mass is 446 g/mol. The topological polar surface area (TPSA) is 50.7 Å². The van der Waals surface area contributed by atoms with E-state index in [0.29, 0.717) is 38.6 Å². The molecular formula is C22H17Cl3N2O2. The zero-order valence-electron chi connectivity index (χ0n) is 15.5. The summed E-state index contributed by atoms with van der Waals surface area (Å²) >= 11 is 18.2. The van der Waals surface area contributed by atoms with Crippen LogP contribution in [0.3, 0.4) is 0 Å². The Labute approximate surface area is 184 Å². The number of rotatable bonds is 6. The summed E-state index contributed by atoms with van der Waals surface area (Å²) in [7, 11) is 0. The fourth-order valence-corrected chi connectivity index (χ4v) is 3.18. The smallest absolute Gasteiger partial charge is 0.272 e. The predicted octanol–water partition coefficient (Wildman–Crippen LogP) is 6.30. The number of carbonyl (C=O) groups excluding carboxylic acids is 1. The highest BCUT2D eigenvalue weighted by atomic mass is 35.5. The average molecular weight is 448 g/mol. The van der Waals surface area contributed by atoms with E-state index in [1.807, 2.05) is 25.1 Å². The van der Waals surface area contributed by atoms with Gasteiger partial charge in [0, 0.05) is 5.02 Å². The molecule has 1 N–H and O–H groups in total. The summed E-state index contributed by atoms with van der Waals surface area (Å²) in [5, 5.41) is 5.45. The second-order valence-electron chi connectivity index (χ2n) is 6.29. The maximum Gasteiger partial charge on any atom is 0.272 e. The van der Waals surface area contributed by atoms with Gasteiger partial charge < -0.3 is 4.74 Å². The van der Waals surface area contributed by atoms with Crippen LogP contribution in [0.15, 0.2) is 65.8 Å². The van der Waals surface area contributed by atoms with Gasteiger partial charge in [-0.1, -0.05) is 53.0 Å². The van der Waals surface area contributed by atoms with Crippen molar-refractivity contribution in [3.63, 3.8) is 0 Å². The van der Waals surface area contributed by atoms with Gasteiger partial charge in [0.15, 0.2) is 0 Å². The number of aryl methyl sites for hydroxylation is 1. The van der Waals surface area contributed by atoms with Crippen molar-refractivity contribution in [2.75, 3.05) is 0 Å². The van der Waals surface area contributed by atoms with Gasteiger partial charge in [-0.2, -0.15) is 5.10 Å². The summed E-state index contributed by atoms with van der Waals surface area (Å²) in [6, 6.07) is 17.8. The van der Waals surface area contributed by atoms with Crippen molar-refractivity contribution >= 4 is 46.9 Å². The number of benzene rings is 3. The van der Waals surface area contributed by atoms with Gasteiger partial charge in [-0.25, -0.2) is 5.43 Å². The van der Waals surface area contributed by atoms with Gasteiger partial charge >= 0.3 is 0 Å². The van der Waals surface area contributed by atoms with Crippen LogP contribution in [0.5, 0.6) is 5.75 Å². The van der Waals surface area contributed by atoms with Gasteiger partial charge in [-0.3, -0.25) is 4.79 Å². The molecule has 0 bridgehead atoms. The fourth-order valence-electron chi connectivity index (χ4n) is 2.49. The first kappa shape index (κ1) is 21.2. The number of nitrogens with zero attached hydrogens (tertiary/aromatic N) is 1. The first-order chi connectivity index (χ1) is 13.9. The summed E-state index contributed by atoms with van der Waals surface area (Å²) in [6.07, 6.45) is 1.49. The second kappa shape index (κ2) is 9.79. The Morgan fingerprint density at radius 2 is 1.76 bits per heavy atom. The van der Waals surface area contributed by atoms with Crippen molar-refractivity contribution in [2.24, 2.45) is 5.10 Å². The zero-order chi connectivity index (χ0) is 20.8. The van der Waals surface area contributed by atoms with E-state index < -0.39 is 0 Å². The molecule has 0 heterocycles. The van der Waals surface area contributed by atoms with E-state index in [4.69, 9.17) is 39.5 Å². The van der Waals surface area contributed by atoms with Crippen LogP contribution in [0.25, 0.3) is 0 Å². The molecule has 0 saturated carbocycles. The van der Waals surface area contributed by atoms with Crippen LogP contribution in [0.1, 0.15) is 27.0 Å². The number of amides is 1. The fraction of sp³-hybridized carbons (Fsp3) is 0.0909. The molecule has 7 heteroatoms. The molecule has 0 aliphatic heterocycles. The van der Waals surface area contributed by atoms with Crippen LogP contribution < -0.4 is 10.2 Å². The molecule has 0 atom stereocenters. The van der Waals surface area contributed by atoms with Crippen LogP contribution in [-0.4, -0.2) is 12.1 Å². The molecular weight excluding hydrogens is 431 g/mol. The van der Waals surface area contributed by atoms with Gasteiger partial charge in [-0.15, -0.1) is 0 Å². The minimum Gasteiger partial charge on any atom is -0.487 e. The Balaban J connectivity index is 1.59. The maximum atomic E-state index is 12.2. The molecule has 0 aliphatic carbocycles. The van der Waals surface area contributed by atoms with Crippen LogP contribution in [-0.2, 0) is 6.61 Å². The molecule has 3 rings (SSSR count). The van der Waals surface area contributed by atoms with Crippen molar-refractivity contribution in [3.8, 4) is 5.75 Å². The van der Waals surface area contributed by atoms with Crippen LogP contribution in [0.2, 0.25) is 15.1 Å². The Hall–Kier alpha value is -2.53. The lowest BCUT2D eigenvalue weighted by Gasteiger charge is -2.09. The molecule has 148 valence electrons. The van der Waals surface area contributed by atoms with Gasteiger partial charge in [0.25, 0.3) is 5.91 Å². The summed E-state index contributed by atoms with van der Waals surface area (Å²) in [5.74, 6) is 0.162. The minimum atomic E-state index is -0.389. The highest BCUT2D eigenvalue weighted by molar-refractivity contribution is 6.34. The molecule has 0 unspecified atom stereocenters. The van der Waals surface area contributed by atoms with Gasteiger partial charge in [0.1, 0.15) is 12.4 Å². The number of ether oxygens (including phenoxy) is 1. The van der Waals surface area contributed by atoms with Crippen molar-refractivity contribution in [3.05, 3.63) is 98.0 Å². The summed E-state index contributed by atoms with van der Waals surface area (Å²) in [5.41, 5.74) is 5.48. The van der Waals surface area contributed by atoms with E-state index in [1.165, 1.54) is 6.21 Å². The Bertz CT molecular complexity index is 1050. The predicted molar refractivity (Wildman–Crippen MR) is 118 cm³/mol. The van der Waals surface area contributed by atoms with Crippen molar-refractivity contribution in [1.82, 2.24) is 5.43 Å². The largest absolute Gasteiger partial charge is 0.487 e. The molecule has 1 amide bonds. The number of nitrogens with one attached hydrogen (secondary N) is 1. The molecule has 4 nitrogen and oxygen atoms in total. The molecule has 0 aliphatic rings. The van der Waals surface area contributed by atoms with Crippen LogP contribution >= 0.6 is 34.8 Å². The SMILES string of the molecule is Cc1ccc(C(=O)N/N=C\c2ccc(OCc3ccc(Cl)cc3)c(Cl)c2)c(Cl)c1. The summed E-state index contributed by atoms with van der Waals surface area (Å²) in [6.45, 7) is 2.27. The molecule has 0 radical (unpaired) electrons. The number of halogens is 3. The van der Waals surface area contributed by atoms with E-state index in [9.17, 15) is 4.79 Å². The van der Waals surface area contributed by atoms with E-state index in [1.54, 1.807) is 42.5 Å². The van der Waals surface area contributed by atoms with Crippen molar-refractivity contribution in [1.29, 1.82) is 0 Å². The summed E-state index contributed by atoms with van der Waals surface area (Å²) < 4.78 is 5.74. The normalized spacial score (nSPS) is 10.9. The first-order valence-corrected chi connectivity index (χ1v) is 9.82. The second-order valence-corrected chi connectivity index (χ2v) is 7.54. The lowest BCUT2D eigenvalue weighted by atomic mass is 10.1. The van der Waals surface area contributed by atoms with Crippen LogP contribution in [0, 0.1) is 6.92 Å². The Morgan fingerprint density at radius 3 is 2.45 bits per heavy atom. The lowest BCUT2D eigenvalue weighted by molar-refractivity contribution is 0.0955. The first-order valence-electron chi connectivity index (χ1n) is 8.69. The van der Waals surface area contributed by atoms with Crippen molar-refractivity contribution < 1.29 is 9.53 Å². The molecule has 29 heavy (non-hydrogen) atoms. The Morgan fingerprint density at radius 1 is 1.00 bits per heavy atom. The maximum absolute atomic E-state index is 12.2.